The molecule has 31 heavy (non-hydrogen) atoms. The summed E-state index contributed by atoms with van der Waals surface area (Å²) < 4.78 is 20.1. The summed E-state index contributed by atoms with van der Waals surface area (Å²) in [6, 6.07) is 9.41. The fraction of sp³-hybridized carbons (Fsp3) is 0.440. The summed E-state index contributed by atoms with van der Waals surface area (Å²) in [5.74, 6) is -0.440. The average Bonchev–Trinajstić information content (AvgIpc) is 2.73. The first-order valence-corrected chi connectivity index (χ1v) is 10.7. The largest absolute Gasteiger partial charge is 0.483 e. The van der Waals surface area contributed by atoms with Gasteiger partial charge in [-0.15, -0.1) is 0 Å². The van der Waals surface area contributed by atoms with Gasteiger partial charge in [-0.3, -0.25) is 9.59 Å². The van der Waals surface area contributed by atoms with E-state index in [1.54, 1.807) is 25.1 Å². The van der Waals surface area contributed by atoms with E-state index in [2.05, 4.69) is 11.4 Å². The molecule has 0 aliphatic carbocycles. The van der Waals surface area contributed by atoms with Crippen molar-refractivity contribution in [2.75, 3.05) is 6.61 Å². The van der Waals surface area contributed by atoms with Crippen molar-refractivity contribution in [1.82, 2.24) is 10.2 Å². The normalized spacial score (nSPS) is 12.7. The van der Waals surface area contributed by atoms with E-state index in [1.165, 1.54) is 11.0 Å². The number of hydrogen-bond donors (Lipinski definition) is 1. The quantitative estimate of drug-likeness (QED) is 0.641. The molecule has 0 aliphatic rings. The van der Waals surface area contributed by atoms with Crippen molar-refractivity contribution < 1.29 is 18.7 Å². The van der Waals surface area contributed by atoms with Crippen LogP contribution in [0, 0.1) is 26.6 Å². The van der Waals surface area contributed by atoms with Crippen LogP contribution in [0.2, 0.25) is 0 Å². The number of rotatable bonds is 9. The minimum Gasteiger partial charge on any atom is -0.483 e. The number of nitrogens with one attached hydrogen (secondary N) is 1. The first-order chi connectivity index (χ1) is 14.6. The zero-order valence-corrected chi connectivity index (χ0v) is 19.3. The minimum atomic E-state index is -0.773. The van der Waals surface area contributed by atoms with Crippen LogP contribution >= 0.6 is 0 Å². The molecule has 2 aromatic carbocycles. The van der Waals surface area contributed by atoms with Gasteiger partial charge in [-0.05, 0) is 69.9 Å². The third-order valence-electron chi connectivity index (χ3n) is 5.58. The summed E-state index contributed by atoms with van der Waals surface area (Å²) in [6.07, 6.45) is 0.773. The Morgan fingerprint density at radius 3 is 2.45 bits per heavy atom. The number of benzene rings is 2. The molecule has 2 rings (SSSR count). The Labute approximate surface area is 184 Å². The number of hydrogen-bond acceptors (Lipinski definition) is 3. The van der Waals surface area contributed by atoms with Crippen molar-refractivity contribution in [2.45, 2.75) is 66.6 Å². The maximum atomic E-state index is 14.3. The van der Waals surface area contributed by atoms with Crippen LogP contribution < -0.4 is 10.1 Å². The Bertz CT molecular complexity index is 929. The fourth-order valence-corrected chi connectivity index (χ4v) is 3.23. The number of aryl methyl sites for hydroxylation is 2. The fourth-order valence-electron chi connectivity index (χ4n) is 3.23. The number of carbonyl (C=O) groups is 2. The molecule has 0 bridgehead atoms. The van der Waals surface area contributed by atoms with E-state index in [9.17, 15) is 14.0 Å². The third-order valence-corrected chi connectivity index (χ3v) is 5.58. The molecular formula is C25H33FN2O3. The molecule has 2 atom stereocenters. The molecule has 6 heteroatoms. The SMILES string of the molecule is CC[C@H](C)NC(=O)[C@@H](C)N(Cc1ccccc1F)C(=O)COc1cc(C)cc(C)c1C. The smallest absolute Gasteiger partial charge is 0.261 e. The molecule has 0 fully saturated rings. The van der Waals surface area contributed by atoms with E-state index in [0.29, 0.717) is 11.3 Å². The molecule has 1 N–H and O–H groups in total. The van der Waals surface area contributed by atoms with Gasteiger partial charge in [0.25, 0.3) is 5.91 Å². The van der Waals surface area contributed by atoms with Gasteiger partial charge >= 0.3 is 0 Å². The van der Waals surface area contributed by atoms with Gasteiger partial charge in [0.15, 0.2) is 6.61 Å². The highest BCUT2D eigenvalue weighted by Gasteiger charge is 2.28. The molecule has 0 aliphatic heterocycles. The second kappa shape index (κ2) is 10.9. The lowest BCUT2D eigenvalue weighted by Gasteiger charge is -2.30. The molecule has 0 radical (unpaired) electrons. The first-order valence-electron chi connectivity index (χ1n) is 10.7. The van der Waals surface area contributed by atoms with E-state index in [0.717, 1.165) is 23.1 Å². The molecular weight excluding hydrogens is 395 g/mol. The van der Waals surface area contributed by atoms with E-state index in [4.69, 9.17) is 4.74 Å². The summed E-state index contributed by atoms with van der Waals surface area (Å²) in [4.78, 5) is 27.2. The van der Waals surface area contributed by atoms with Crippen molar-refractivity contribution in [2.24, 2.45) is 0 Å². The summed E-state index contributed by atoms with van der Waals surface area (Å²) in [5.41, 5.74) is 3.42. The summed E-state index contributed by atoms with van der Waals surface area (Å²) >= 11 is 0. The van der Waals surface area contributed by atoms with Crippen molar-refractivity contribution in [3.8, 4) is 5.75 Å². The maximum Gasteiger partial charge on any atom is 0.261 e. The molecule has 5 nitrogen and oxygen atoms in total. The predicted octanol–water partition coefficient (Wildman–Crippen LogP) is 4.46. The molecule has 0 spiro atoms. The molecule has 2 aromatic rings. The maximum absolute atomic E-state index is 14.3. The average molecular weight is 429 g/mol. The van der Waals surface area contributed by atoms with E-state index in [-0.39, 0.29) is 31.0 Å². The van der Waals surface area contributed by atoms with E-state index in [1.807, 2.05) is 40.7 Å². The number of nitrogens with zero attached hydrogens (tertiary/aromatic N) is 1. The molecule has 0 saturated heterocycles. The molecule has 168 valence electrons. The van der Waals surface area contributed by atoms with Crippen molar-refractivity contribution in [3.63, 3.8) is 0 Å². The van der Waals surface area contributed by atoms with Crippen LogP contribution in [-0.4, -0.2) is 35.4 Å². The Hall–Kier alpha value is -2.89. The second-order valence-electron chi connectivity index (χ2n) is 8.10. The minimum absolute atomic E-state index is 0.0181. The van der Waals surface area contributed by atoms with Gasteiger partial charge in [0.05, 0.1) is 0 Å². The van der Waals surface area contributed by atoms with Gasteiger partial charge in [-0.2, -0.15) is 0 Å². The molecule has 0 heterocycles. The van der Waals surface area contributed by atoms with Gasteiger partial charge in [-0.1, -0.05) is 31.2 Å². The van der Waals surface area contributed by atoms with Crippen LogP contribution in [0.4, 0.5) is 4.39 Å². The third kappa shape index (κ3) is 6.54. The topological polar surface area (TPSA) is 58.6 Å². The lowest BCUT2D eigenvalue weighted by Crippen LogP contribution is -2.50. The highest BCUT2D eigenvalue weighted by Crippen LogP contribution is 2.23. The summed E-state index contributed by atoms with van der Waals surface area (Å²) in [6.45, 7) is 11.2. The van der Waals surface area contributed by atoms with Crippen LogP contribution in [0.3, 0.4) is 0 Å². The van der Waals surface area contributed by atoms with Gasteiger partial charge in [-0.25, -0.2) is 4.39 Å². The lowest BCUT2D eigenvalue weighted by atomic mass is 10.1. The monoisotopic (exact) mass is 428 g/mol. The Morgan fingerprint density at radius 2 is 1.81 bits per heavy atom. The first kappa shape index (κ1) is 24.4. The van der Waals surface area contributed by atoms with Crippen LogP contribution in [0.1, 0.15) is 49.4 Å². The molecule has 0 saturated carbocycles. The van der Waals surface area contributed by atoms with Crippen LogP contribution in [0.15, 0.2) is 36.4 Å². The van der Waals surface area contributed by atoms with Gasteiger partial charge in [0.2, 0.25) is 5.91 Å². The number of halogens is 1. The Kier molecular flexibility index (Phi) is 8.60. The van der Waals surface area contributed by atoms with E-state index >= 15 is 0 Å². The molecule has 2 amide bonds. The van der Waals surface area contributed by atoms with Crippen molar-refractivity contribution >= 4 is 11.8 Å². The van der Waals surface area contributed by atoms with Gasteiger partial charge in [0, 0.05) is 18.2 Å². The van der Waals surface area contributed by atoms with Gasteiger partial charge in [0.1, 0.15) is 17.6 Å². The number of carbonyl (C=O) groups excluding carboxylic acids is 2. The summed E-state index contributed by atoms with van der Waals surface area (Å²) in [5, 5.41) is 2.90. The van der Waals surface area contributed by atoms with Crippen LogP contribution in [0.25, 0.3) is 0 Å². The molecule has 0 aromatic heterocycles. The van der Waals surface area contributed by atoms with Crippen LogP contribution in [0.5, 0.6) is 5.75 Å². The number of ether oxygens (including phenoxy) is 1. The zero-order chi connectivity index (χ0) is 23.1. The number of amides is 2. The molecule has 0 unspecified atom stereocenters. The standard InChI is InChI=1S/C25H33FN2O3/c1-7-18(4)27-25(30)20(6)28(14-21-10-8-9-11-22(21)26)24(29)15-31-23-13-16(2)12-17(3)19(23)5/h8-13,18,20H,7,14-15H2,1-6H3,(H,27,30)/t18-,20+/m0/s1. The predicted molar refractivity (Wildman–Crippen MR) is 120 cm³/mol. The lowest BCUT2D eigenvalue weighted by molar-refractivity contribution is -0.142. The van der Waals surface area contributed by atoms with E-state index < -0.39 is 11.9 Å². The highest BCUT2D eigenvalue weighted by atomic mass is 19.1. The summed E-state index contributed by atoms with van der Waals surface area (Å²) in [7, 11) is 0. The Morgan fingerprint density at radius 1 is 1.13 bits per heavy atom. The van der Waals surface area contributed by atoms with Crippen molar-refractivity contribution in [1.29, 1.82) is 0 Å². The van der Waals surface area contributed by atoms with Crippen molar-refractivity contribution in [3.05, 3.63) is 64.5 Å². The van der Waals surface area contributed by atoms with Crippen LogP contribution in [-0.2, 0) is 16.1 Å². The highest BCUT2D eigenvalue weighted by molar-refractivity contribution is 5.88. The second-order valence-corrected chi connectivity index (χ2v) is 8.10. The zero-order valence-electron chi connectivity index (χ0n) is 19.3. The van der Waals surface area contributed by atoms with Gasteiger partial charge < -0.3 is 15.0 Å². The Balaban J connectivity index is 2.23.